The van der Waals surface area contributed by atoms with Gasteiger partial charge in [-0.1, -0.05) is 24.3 Å². The van der Waals surface area contributed by atoms with Gasteiger partial charge in [-0.2, -0.15) is 0 Å². The number of rotatable bonds is 6. The lowest BCUT2D eigenvalue weighted by atomic mass is 9.82. The average molecular weight is 461 g/mol. The van der Waals surface area contributed by atoms with Crippen LogP contribution in [0.5, 0.6) is 0 Å². The van der Waals surface area contributed by atoms with Crippen LogP contribution in [0.25, 0.3) is 0 Å². The van der Waals surface area contributed by atoms with Gasteiger partial charge in [0.25, 0.3) is 5.91 Å². The number of nitrogens with two attached hydrogens (primary N) is 1. The maximum atomic E-state index is 13.5. The van der Waals surface area contributed by atoms with Crippen LogP contribution in [0.15, 0.2) is 73.1 Å². The quantitative estimate of drug-likeness (QED) is 0.569. The fourth-order valence-corrected chi connectivity index (χ4v) is 4.48. The molecule has 3 N–H and O–H groups in total. The first-order chi connectivity index (χ1) is 16.3. The Hall–Kier alpha value is -3.58. The lowest BCUT2D eigenvalue weighted by Gasteiger charge is -2.36. The summed E-state index contributed by atoms with van der Waals surface area (Å²) in [6, 6.07) is 16.2. The molecule has 0 spiro atoms. The van der Waals surface area contributed by atoms with Crippen molar-refractivity contribution in [1.29, 1.82) is 0 Å². The molecule has 7 heteroatoms. The van der Waals surface area contributed by atoms with Crippen LogP contribution in [0, 0.1) is 5.82 Å². The molecular formula is C27H29FN4O2. The van der Waals surface area contributed by atoms with Gasteiger partial charge < -0.3 is 16.0 Å². The summed E-state index contributed by atoms with van der Waals surface area (Å²) in [7, 11) is 0. The van der Waals surface area contributed by atoms with Crippen LogP contribution in [-0.2, 0) is 10.2 Å². The number of hydrogen-bond donors (Lipinski definition) is 2. The molecule has 0 saturated carbocycles. The summed E-state index contributed by atoms with van der Waals surface area (Å²) in [5.74, 6) is -0.568. The van der Waals surface area contributed by atoms with E-state index < -0.39 is 5.41 Å². The fourth-order valence-electron chi connectivity index (χ4n) is 4.48. The van der Waals surface area contributed by atoms with Crippen molar-refractivity contribution in [1.82, 2.24) is 9.88 Å². The van der Waals surface area contributed by atoms with Crippen molar-refractivity contribution in [2.24, 2.45) is 5.73 Å². The molecule has 1 unspecified atom stereocenters. The number of aromatic nitrogens is 1. The van der Waals surface area contributed by atoms with Crippen LogP contribution in [0.2, 0.25) is 0 Å². The average Bonchev–Trinajstić information content (AvgIpc) is 3.34. The first-order valence-corrected chi connectivity index (χ1v) is 11.4. The summed E-state index contributed by atoms with van der Waals surface area (Å²) in [5, 5.41) is 2.83. The summed E-state index contributed by atoms with van der Waals surface area (Å²) in [5.41, 5.74) is 8.65. The summed E-state index contributed by atoms with van der Waals surface area (Å²) in [6.07, 6.45) is 4.90. The number of anilines is 1. The molecule has 2 aromatic carbocycles. The van der Waals surface area contributed by atoms with Gasteiger partial charge in [-0.05, 0) is 74.2 Å². The van der Waals surface area contributed by atoms with Crippen molar-refractivity contribution in [2.45, 2.75) is 44.2 Å². The summed E-state index contributed by atoms with van der Waals surface area (Å²) in [6.45, 7) is 4.35. The van der Waals surface area contributed by atoms with Gasteiger partial charge in [0.2, 0.25) is 5.91 Å². The molecule has 2 amide bonds. The smallest absolute Gasteiger partial charge is 0.255 e. The molecule has 1 aliphatic rings. The minimum absolute atomic E-state index is 0.0228. The zero-order chi connectivity index (χ0) is 24.3. The molecule has 34 heavy (non-hydrogen) atoms. The predicted octanol–water partition coefficient (Wildman–Crippen LogP) is 4.44. The molecule has 1 saturated heterocycles. The van der Waals surface area contributed by atoms with Crippen LogP contribution in [0.4, 0.5) is 10.1 Å². The minimum Gasteiger partial charge on any atom is -0.337 e. The second kappa shape index (κ2) is 9.73. The SMILES string of the molecule is CC(C)(C(=O)N1CCCC1[C@H](N)c1ccc(C(=O)Nc2ccncc2)cc1)c1ccc(F)cc1. The lowest BCUT2D eigenvalue weighted by molar-refractivity contribution is -0.137. The van der Waals surface area contributed by atoms with Gasteiger partial charge in [-0.3, -0.25) is 14.6 Å². The largest absolute Gasteiger partial charge is 0.337 e. The Balaban J connectivity index is 1.47. The number of benzene rings is 2. The van der Waals surface area contributed by atoms with E-state index in [1.165, 1.54) is 12.1 Å². The number of pyridine rings is 1. The number of amides is 2. The zero-order valence-corrected chi connectivity index (χ0v) is 19.4. The van der Waals surface area contributed by atoms with Crippen molar-refractivity contribution in [3.63, 3.8) is 0 Å². The Morgan fingerprint density at radius 2 is 1.71 bits per heavy atom. The molecule has 1 fully saturated rings. The molecular weight excluding hydrogens is 431 g/mol. The Labute approximate surface area is 199 Å². The van der Waals surface area contributed by atoms with Gasteiger partial charge in [0.15, 0.2) is 0 Å². The molecule has 2 heterocycles. The number of halogens is 1. The van der Waals surface area contributed by atoms with Gasteiger partial charge in [-0.15, -0.1) is 0 Å². The van der Waals surface area contributed by atoms with Crippen molar-refractivity contribution in [2.75, 3.05) is 11.9 Å². The first kappa shape index (κ1) is 23.6. The van der Waals surface area contributed by atoms with Crippen molar-refractivity contribution >= 4 is 17.5 Å². The number of carbonyl (C=O) groups excluding carboxylic acids is 2. The third-order valence-electron chi connectivity index (χ3n) is 6.57. The zero-order valence-electron chi connectivity index (χ0n) is 19.4. The first-order valence-electron chi connectivity index (χ1n) is 11.4. The van der Waals surface area contributed by atoms with E-state index in [0.29, 0.717) is 17.8 Å². The van der Waals surface area contributed by atoms with E-state index in [2.05, 4.69) is 10.3 Å². The van der Waals surface area contributed by atoms with Crippen LogP contribution < -0.4 is 11.1 Å². The Kier molecular flexibility index (Phi) is 6.75. The standard InChI is InChI=1S/C27H29FN4O2/c1-27(2,20-9-11-21(28)12-10-20)26(34)32-17-3-4-23(32)24(29)18-5-7-19(8-6-18)25(33)31-22-13-15-30-16-14-22/h5-16,23-24H,3-4,17,29H2,1-2H3,(H,30,31,33)/t23?,24-/m1/s1. The van der Waals surface area contributed by atoms with E-state index in [4.69, 9.17) is 5.73 Å². The van der Waals surface area contributed by atoms with Gasteiger partial charge in [0.05, 0.1) is 17.5 Å². The van der Waals surface area contributed by atoms with Crippen molar-refractivity contribution in [3.8, 4) is 0 Å². The van der Waals surface area contributed by atoms with Gasteiger partial charge >= 0.3 is 0 Å². The molecule has 3 aromatic rings. The molecule has 6 nitrogen and oxygen atoms in total. The van der Waals surface area contributed by atoms with Gasteiger partial charge in [-0.25, -0.2) is 4.39 Å². The number of likely N-dealkylation sites (tertiary alicyclic amines) is 1. The summed E-state index contributed by atoms with van der Waals surface area (Å²) >= 11 is 0. The molecule has 1 aliphatic heterocycles. The van der Waals surface area contributed by atoms with E-state index in [1.54, 1.807) is 48.8 Å². The third kappa shape index (κ3) is 4.84. The van der Waals surface area contributed by atoms with Crippen LogP contribution in [-0.4, -0.2) is 34.3 Å². The summed E-state index contributed by atoms with van der Waals surface area (Å²) in [4.78, 5) is 31.9. The molecule has 4 rings (SSSR count). The number of nitrogens with one attached hydrogen (secondary N) is 1. The Bertz CT molecular complexity index is 1150. The Morgan fingerprint density at radius 3 is 2.35 bits per heavy atom. The molecule has 0 bridgehead atoms. The monoisotopic (exact) mass is 460 g/mol. The lowest BCUT2D eigenvalue weighted by Crippen LogP contribution is -2.49. The van der Waals surface area contributed by atoms with Crippen LogP contribution in [0.1, 0.15) is 54.2 Å². The highest BCUT2D eigenvalue weighted by molar-refractivity contribution is 6.04. The van der Waals surface area contributed by atoms with Gasteiger partial charge in [0, 0.05) is 30.2 Å². The molecule has 2 atom stereocenters. The fraction of sp³-hybridized carbons (Fsp3) is 0.296. The van der Waals surface area contributed by atoms with E-state index in [9.17, 15) is 14.0 Å². The van der Waals surface area contributed by atoms with E-state index in [1.807, 2.05) is 30.9 Å². The van der Waals surface area contributed by atoms with E-state index >= 15 is 0 Å². The van der Waals surface area contributed by atoms with Crippen molar-refractivity contribution < 1.29 is 14.0 Å². The molecule has 0 radical (unpaired) electrons. The highest BCUT2D eigenvalue weighted by Crippen LogP contribution is 2.34. The van der Waals surface area contributed by atoms with Gasteiger partial charge in [0.1, 0.15) is 5.82 Å². The number of hydrogen-bond acceptors (Lipinski definition) is 4. The minimum atomic E-state index is -0.801. The highest BCUT2D eigenvalue weighted by Gasteiger charge is 2.41. The van der Waals surface area contributed by atoms with Crippen molar-refractivity contribution in [3.05, 3.63) is 95.6 Å². The Morgan fingerprint density at radius 1 is 1.06 bits per heavy atom. The number of nitrogens with zero attached hydrogens (tertiary/aromatic N) is 2. The topological polar surface area (TPSA) is 88.3 Å². The normalized spacial score (nSPS) is 16.8. The predicted molar refractivity (Wildman–Crippen MR) is 130 cm³/mol. The number of carbonyl (C=O) groups is 2. The highest BCUT2D eigenvalue weighted by atomic mass is 19.1. The van der Waals surface area contributed by atoms with E-state index in [-0.39, 0.29) is 29.7 Å². The second-order valence-electron chi connectivity index (χ2n) is 9.18. The second-order valence-corrected chi connectivity index (χ2v) is 9.18. The van der Waals surface area contributed by atoms with E-state index in [0.717, 1.165) is 24.0 Å². The van der Waals surface area contributed by atoms with Crippen LogP contribution in [0.3, 0.4) is 0 Å². The molecule has 1 aromatic heterocycles. The summed E-state index contributed by atoms with van der Waals surface area (Å²) < 4.78 is 13.4. The van der Waals surface area contributed by atoms with Crippen LogP contribution >= 0.6 is 0 Å². The molecule has 0 aliphatic carbocycles. The maximum absolute atomic E-state index is 13.5. The third-order valence-corrected chi connectivity index (χ3v) is 6.57. The maximum Gasteiger partial charge on any atom is 0.255 e. The molecule has 176 valence electrons.